The molecule has 1 heterocycles. The Morgan fingerprint density at radius 1 is 1.29 bits per heavy atom. The molecule has 112 valence electrons. The quantitative estimate of drug-likeness (QED) is 0.645. The monoisotopic (exact) mass is 291 g/mol. The number of nitrogens with one attached hydrogen (secondary N) is 1. The number of hydrogen-bond acceptors (Lipinski definition) is 5. The average molecular weight is 291 g/mol. The van der Waals surface area contributed by atoms with Crippen molar-refractivity contribution in [2.75, 3.05) is 27.4 Å². The highest BCUT2D eigenvalue weighted by atomic mass is 16.5. The van der Waals surface area contributed by atoms with Gasteiger partial charge >= 0.3 is 5.63 Å². The van der Waals surface area contributed by atoms with E-state index in [9.17, 15) is 9.59 Å². The van der Waals surface area contributed by atoms with Crippen LogP contribution in [0.2, 0.25) is 0 Å². The second kappa shape index (κ2) is 6.90. The minimum Gasteiger partial charge on any atom is -0.497 e. The molecule has 6 nitrogen and oxygen atoms in total. The largest absolute Gasteiger partial charge is 0.497 e. The third-order valence-electron chi connectivity index (χ3n) is 3.00. The van der Waals surface area contributed by atoms with Crippen LogP contribution in [0, 0.1) is 0 Å². The Balaban J connectivity index is 2.22. The maximum atomic E-state index is 12.0. The highest BCUT2D eigenvalue weighted by molar-refractivity contribution is 5.96. The predicted octanol–water partition coefficient (Wildman–Crippen LogP) is 1.57. The van der Waals surface area contributed by atoms with Crippen LogP contribution in [0.25, 0.3) is 11.0 Å². The molecule has 0 radical (unpaired) electrons. The first-order valence-corrected chi connectivity index (χ1v) is 6.54. The lowest BCUT2D eigenvalue weighted by Gasteiger charge is -2.05. The lowest BCUT2D eigenvalue weighted by atomic mass is 10.1. The van der Waals surface area contributed by atoms with E-state index in [4.69, 9.17) is 13.9 Å². The number of carbonyl (C=O) groups is 1. The Labute approximate surface area is 121 Å². The molecule has 1 aromatic carbocycles. The molecule has 21 heavy (non-hydrogen) atoms. The van der Waals surface area contributed by atoms with Gasteiger partial charge in [-0.15, -0.1) is 0 Å². The molecule has 0 aliphatic carbocycles. The fourth-order valence-corrected chi connectivity index (χ4v) is 1.89. The molecule has 1 amide bonds. The van der Waals surface area contributed by atoms with Gasteiger partial charge in [-0.1, -0.05) is 0 Å². The number of benzene rings is 1. The summed E-state index contributed by atoms with van der Waals surface area (Å²) < 4.78 is 15.1. The Morgan fingerprint density at radius 3 is 2.81 bits per heavy atom. The molecule has 1 N–H and O–H groups in total. The van der Waals surface area contributed by atoms with Gasteiger partial charge < -0.3 is 19.2 Å². The molecule has 0 bridgehead atoms. The van der Waals surface area contributed by atoms with Gasteiger partial charge in [0.1, 0.15) is 16.9 Å². The van der Waals surface area contributed by atoms with Gasteiger partial charge in [0, 0.05) is 31.7 Å². The lowest BCUT2D eigenvalue weighted by Crippen LogP contribution is -2.29. The Bertz CT molecular complexity index is 692. The molecule has 0 fully saturated rings. The van der Waals surface area contributed by atoms with E-state index in [0.29, 0.717) is 36.3 Å². The summed E-state index contributed by atoms with van der Waals surface area (Å²) in [6.45, 7) is 0.985. The summed E-state index contributed by atoms with van der Waals surface area (Å²) in [6.07, 6.45) is 0.679. The number of carbonyl (C=O) groups excluding carboxylic acids is 1. The van der Waals surface area contributed by atoms with Gasteiger partial charge in [0.2, 0.25) is 0 Å². The maximum absolute atomic E-state index is 12.0. The molecule has 0 saturated carbocycles. The lowest BCUT2D eigenvalue weighted by molar-refractivity contribution is 0.0945. The zero-order chi connectivity index (χ0) is 15.2. The molecule has 0 aliphatic rings. The fraction of sp³-hybridized carbons (Fsp3) is 0.333. The standard InChI is InChI=1S/C15H17NO5/c1-19-7-3-6-16-14(17)12-8-10-4-5-11(20-2)9-13(10)21-15(12)18/h4-5,8-9H,3,6-7H2,1-2H3,(H,16,17). The Kier molecular flexibility index (Phi) is 4.94. The molecular weight excluding hydrogens is 274 g/mol. The van der Waals surface area contributed by atoms with Crippen molar-refractivity contribution in [3.63, 3.8) is 0 Å². The van der Waals surface area contributed by atoms with Crippen molar-refractivity contribution >= 4 is 16.9 Å². The van der Waals surface area contributed by atoms with Crippen LogP contribution in [0.4, 0.5) is 0 Å². The second-order valence-corrected chi connectivity index (χ2v) is 4.45. The highest BCUT2D eigenvalue weighted by Crippen LogP contribution is 2.20. The van der Waals surface area contributed by atoms with E-state index in [1.54, 1.807) is 25.3 Å². The van der Waals surface area contributed by atoms with Crippen LogP contribution >= 0.6 is 0 Å². The molecule has 0 aliphatic heterocycles. The van der Waals surface area contributed by atoms with Crippen LogP contribution in [-0.4, -0.2) is 33.3 Å². The molecular formula is C15H17NO5. The summed E-state index contributed by atoms with van der Waals surface area (Å²) in [5.74, 6) is 0.139. The topological polar surface area (TPSA) is 77.8 Å². The maximum Gasteiger partial charge on any atom is 0.349 e. The fourth-order valence-electron chi connectivity index (χ4n) is 1.89. The van der Waals surface area contributed by atoms with Gasteiger partial charge in [-0.25, -0.2) is 4.79 Å². The van der Waals surface area contributed by atoms with Gasteiger partial charge in [-0.05, 0) is 24.6 Å². The minimum atomic E-state index is -0.667. The predicted molar refractivity (Wildman–Crippen MR) is 77.9 cm³/mol. The molecule has 6 heteroatoms. The minimum absolute atomic E-state index is 0.00918. The van der Waals surface area contributed by atoms with Crippen LogP contribution in [0.15, 0.2) is 33.5 Å². The van der Waals surface area contributed by atoms with E-state index in [2.05, 4.69) is 5.32 Å². The second-order valence-electron chi connectivity index (χ2n) is 4.45. The first-order chi connectivity index (χ1) is 10.2. The molecule has 2 aromatic rings. The average Bonchev–Trinajstić information content (AvgIpc) is 2.50. The summed E-state index contributed by atoms with van der Waals surface area (Å²) in [5, 5.41) is 3.32. The Hall–Kier alpha value is -2.34. The van der Waals surface area contributed by atoms with Crippen molar-refractivity contribution in [1.29, 1.82) is 0 Å². The third-order valence-corrected chi connectivity index (χ3v) is 3.00. The zero-order valence-corrected chi connectivity index (χ0v) is 12.0. The van der Waals surface area contributed by atoms with E-state index in [1.807, 2.05) is 0 Å². The van der Waals surface area contributed by atoms with Gasteiger partial charge in [0.05, 0.1) is 7.11 Å². The van der Waals surface area contributed by atoms with Crippen LogP contribution in [0.1, 0.15) is 16.8 Å². The molecule has 2 rings (SSSR count). The van der Waals surface area contributed by atoms with E-state index in [0.717, 1.165) is 0 Å². The van der Waals surface area contributed by atoms with Gasteiger partial charge in [0.15, 0.2) is 0 Å². The van der Waals surface area contributed by atoms with Crippen LogP contribution < -0.4 is 15.7 Å². The third kappa shape index (κ3) is 3.61. The Morgan fingerprint density at radius 2 is 2.10 bits per heavy atom. The SMILES string of the molecule is COCCCNC(=O)c1cc2ccc(OC)cc2oc1=O. The van der Waals surface area contributed by atoms with Crippen molar-refractivity contribution in [1.82, 2.24) is 5.32 Å². The molecule has 0 unspecified atom stereocenters. The molecule has 1 aromatic heterocycles. The van der Waals surface area contributed by atoms with Crippen molar-refractivity contribution in [2.24, 2.45) is 0 Å². The van der Waals surface area contributed by atoms with Crippen molar-refractivity contribution in [2.45, 2.75) is 6.42 Å². The van der Waals surface area contributed by atoms with E-state index >= 15 is 0 Å². The normalized spacial score (nSPS) is 10.6. The van der Waals surface area contributed by atoms with Crippen molar-refractivity contribution < 1.29 is 18.7 Å². The summed E-state index contributed by atoms with van der Waals surface area (Å²) in [6, 6.07) is 6.60. The number of ether oxygens (including phenoxy) is 2. The van der Waals surface area contributed by atoms with Gasteiger partial charge in [-0.3, -0.25) is 4.79 Å². The van der Waals surface area contributed by atoms with E-state index in [-0.39, 0.29) is 5.56 Å². The summed E-state index contributed by atoms with van der Waals surface area (Å²) in [4.78, 5) is 23.8. The smallest absolute Gasteiger partial charge is 0.349 e. The van der Waals surface area contributed by atoms with Gasteiger partial charge in [-0.2, -0.15) is 0 Å². The summed E-state index contributed by atoms with van der Waals surface area (Å²) in [7, 11) is 3.12. The number of amides is 1. The van der Waals surface area contributed by atoms with Crippen LogP contribution in [-0.2, 0) is 4.74 Å². The first kappa shape index (κ1) is 15.1. The highest BCUT2D eigenvalue weighted by Gasteiger charge is 2.13. The molecule has 0 saturated heterocycles. The number of hydrogen-bond donors (Lipinski definition) is 1. The van der Waals surface area contributed by atoms with Crippen LogP contribution in [0.5, 0.6) is 5.75 Å². The number of methoxy groups -OCH3 is 2. The van der Waals surface area contributed by atoms with Crippen LogP contribution in [0.3, 0.4) is 0 Å². The van der Waals surface area contributed by atoms with E-state index in [1.165, 1.54) is 13.2 Å². The van der Waals surface area contributed by atoms with Crippen molar-refractivity contribution in [3.8, 4) is 5.75 Å². The number of fused-ring (bicyclic) bond motifs is 1. The van der Waals surface area contributed by atoms with Gasteiger partial charge in [0.25, 0.3) is 5.91 Å². The molecule has 0 spiro atoms. The van der Waals surface area contributed by atoms with E-state index < -0.39 is 11.5 Å². The van der Waals surface area contributed by atoms with Crippen molar-refractivity contribution in [3.05, 3.63) is 40.2 Å². The summed E-state index contributed by atoms with van der Waals surface area (Å²) in [5.41, 5.74) is -0.291. The first-order valence-electron chi connectivity index (χ1n) is 6.54. The number of rotatable bonds is 6. The summed E-state index contributed by atoms with van der Waals surface area (Å²) >= 11 is 0. The molecule has 0 atom stereocenters. The zero-order valence-electron chi connectivity index (χ0n) is 12.0.